The second-order valence-corrected chi connectivity index (χ2v) is 6.72. The van der Waals surface area contributed by atoms with Gasteiger partial charge >= 0.3 is 6.36 Å². The smallest absolute Gasteiger partial charge is 0.404 e. The average Bonchev–Trinajstić information content (AvgIpc) is 2.68. The van der Waals surface area contributed by atoms with Gasteiger partial charge in [0.05, 0.1) is 5.02 Å². The van der Waals surface area contributed by atoms with Gasteiger partial charge in [0.1, 0.15) is 11.8 Å². The molecular formula is C18H17ClF3N5O. The molecule has 0 unspecified atom stereocenters. The fourth-order valence-electron chi connectivity index (χ4n) is 3.10. The van der Waals surface area contributed by atoms with Crippen molar-refractivity contribution in [3.05, 3.63) is 46.6 Å². The van der Waals surface area contributed by atoms with Crippen LogP contribution >= 0.6 is 11.6 Å². The van der Waals surface area contributed by atoms with Gasteiger partial charge in [0, 0.05) is 12.6 Å². The van der Waals surface area contributed by atoms with Crippen molar-refractivity contribution >= 4 is 17.4 Å². The van der Waals surface area contributed by atoms with Crippen LogP contribution in [0.1, 0.15) is 24.1 Å². The average molecular weight is 412 g/mol. The predicted molar refractivity (Wildman–Crippen MR) is 97.0 cm³/mol. The zero-order chi connectivity index (χ0) is 20.1. The summed E-state index contributed by atoms with van der Waals surface area (Å²) in [6.07, 6.45) is -3.04. The molecule has 6 nitrogen and oxygen atoms in total. The molecule has 1 aliphatic heterocycles. The van der Waals surface area contributed by atoms with E-state index in [1.807, 2.05) is 11.0 Å². The van der Waals surface area contributed by atoms with Gasteiger partial charge < -0.3 is 15.0 Å². The van der Waals surface area contributed by atoms with E-state index in [2.05, 4.69) is 20.3 Å². The lowest BCUT2D eigenvalue weighted by molar-refractivity contribution is -0.274. The van der Waals surface area contributed by atoms with Gasteiger partial charge in [-0.2, -0.15) is 5.26 Å². The van der Waals surface area contributed by atoms with Gasteiger partial charge in [-0.25, -0.2) is 0 Å². The number of hydrogen-bond donors (Lipinski definition) is 1. The Kier molecular flexibility index (Phi) is 6.21. The van der Waals surface area contributed by atoms with Crippen molar-refractivity contribution in [2.45, 2.75) is 31.8 Å². The lowest BCUT2D eigenvalue weighted by atomic mass is 10.0. The van der Waals surface area contributed by atoms with E-state index in [-0.39, 0.29) is 16.8 Å². The summed E-state index contributed by atoms with van der Waals surface area (Å²) in [5, 5.41) is 20.1. The lowest BCUT2D eigenvalue weighted by Crippen LogP contribution is -2.43. The van der Waals surface area contributed by atoms with Crippen LogP contribution in [-0.4, -0.2) is 35.7 Å². The highest BCUT2D eigenvalue weighted by molar-refractivity contribution is 6.32. The molecule has 0 aliphatic carbocycles. The van der Waals surface area contributed by atoms with Crippen LogP contribution in [0.5, 0.6) is 5.75 Å². The third-order valence-electron chi connectivity index (χ3n) is 4.38. The van der Waals surface area contributed by atoms with E-state index in [0.717, 1.165) is 25.9 Å². The summed E-state index contributed by atoms with van der Waals surface area (Å²) in [6.45, 7) is 2.09. The Morgan fingerprint density at radius 1 is 1.21 bits per heavy atom. The number of benzene rings is 1. The maximum atomic E-state index is 12.4. The number of anilines is 1. The highest BCUT2D eigenvalue weighted by atomic mass is 35.5. The number of aromatic nitrogens is 2. The number of piperidine rings is 1. The van der Waals surface area contributed by atoms with E-state index in [4.69, 9.17) is 16.9 Å². The second-order valence-electron chi connectivity index (χ2n) is 6.31. The summed E-state index contributed by atoms with van der Waals surface area (Å²) in [7, 11) is 0. The minimum Gasteiger partial charge on any atom is -0.404 e. The molecule has 0 saturated carbocycles. The summed E-state index contributed by atoms with van der Waals surface area (Å²) in [5.74, 6) is 0.155. The SMILES string of the molecule is N#Cc1ccc(N(Cc2ccc(OC(F)(F)F)c(Cl)c2)C2CCNCC2)nn1. The molecule has 0 amide bonds. The number of nitriles is 1. The third-order valence-corrected chi connectivity index (χ3v) is 4.68. The molecule has 10 heteroatoms. The Hall–Kier alpha value is -2.57. The Labute approximate surface area is 164 Å². The van der Waals surface area contributed by atoms with Crippen molar-refractivity contribution in [3.8, 4) is 11.8 Å². The van der Waals surface area contributed by atoms with Crippen molar-refractivity contribution in [2.24, 2.45) is 0 Å². The molecule has 3 rings (SSSR count). The molecule has 28 heavy (non-hydrogen) atoms. The molecule has 0 radical (unpaired) electrons. The summed E-state index contributed by atoms with van der Waals surface area (Å²) in [5.41, 5.74) is 0.926. The predicted octanol–water partition coefficient (Wildman–Crippen LogP) is 3.66. The molecule has 0 atom stereocenters. The third kappa shape index (κ3) is 5.24. The normalized spacial score (nSPS) is 15.1. The van der Waals surface area contributed by atoms with Gasteiger partial charge in [-0.1, -0.05) is 17.7 Å². The van der Waals surface area contributed by atoms with E-state index in [9.17, 15) is 13.2 Å². The number of halogens is 4. The quantitative estimate of drug-likeness (QED) is 0.809. The van der Waals surface area contributed by atoms with Gasteiger partial charge in [-0.15, -0.1) is 23.4 Å². The van der Waals surface area contributed by atoms with Gasteiger partial charge in [0.25, 0.3) is 0 Å². The molecule has 0 bridgehead atoms. The van der Waals surface area contributed by atoms with Crippen molar-refractivity contribution in [3.63, 3.8) is 0 Å². The standard InChI is InChI=1S/C18H17ClF3N5O/c19-15-9-12(1-3-16(15)28-18(20,21)22)11-27(14-5-7-24-8-6-14)17-4-2-13(10-23)25-26-17/h1-4,9,14,24H,5-8,11H2. The topological polar surface area (TPSA) is 74.1 Å². The van der Waals surface area contributed by atoms with Crippen molar-refractivity contribution < 1.29 is 17.9 Å². The molecule has 148 valence electrons. The number of nitrogens with zero attached hydrogens (tertiary/aromatic N) is 4. The zero-order valence-corrected chi connectivity index (χ0v) is 15.5. The maximum Gasteiger partial charge on any atom is 0.573 e. The van der Waals surface area contributed by atoms with E-state index < -0.39 is 12.1 Å². The van der Waals surface area contributed by atoms with Crippen LogP contribution in [0.2, 0.25) is 5.02 Å². The molecule has 1 saturated heterocycles. The summed E-state index contributed by atoms with van der Waals surface area (Å²) in [4.78, 5) is 2.03. The zero-order valence-electron chi connectivity index (χ0n) is 14.7. The van der Waals surface area contributed by atoms with E-state index in [1.54, 1.807) is 12.1 Å². The lowest BCUT2D eigenvalue weighted by Gasteiger charge is -2.35. The Morgan fingerprint density at radius 2 is 1.96 bits per heavy atom. The highest BCUT2D eigenvalue weighted by Gasteiger charge is 2.32. The summed E-state index contributed by atoms with van der Waals surface area (Å²) >= 11 is 5.97. The van der Waals surface area contributed by atoms with Gasteiger partial charge in [-0.05, 0) is 55.8 Å². The van der Waals surface area contributed by atoms with Crippen LogP contribution in [0.25, 0.3) is 0 Å². The van der Waals surface area contributed by atoms with Crippen molar-refractivity contribution in [1.82, 2.24) is 15.5 Å². The first kappa shape index (κ1) is 20.2. The highest BCUT2D eigenvalue weighted by Crippen LogP contribution is 2.32. The summed E-state index contributed by atoms with van der Waals surface area (Å²) < 4.78 is 41.2. The van der Waals surface area contributed by atoms with Crippen LogP contribution in [-0.2, 0) is 6.54 Å². The first-order chi connectivity index (χ1) is 13.4. The van der Waals surface area contributed by atoms with E-state index in [0.29, 0.717) is 17.9 Å². The molecule has 1 aromatic heterocycles. The van der Waals surface area contributed by atoms with Gasteiger partial charge in [-0.3, -0.25) is 0 Å². The molecule has 1 aromatic carbocycles. The molecule has 2 heterocycles. The molecule has 2 aromatic rings. The largest absolute Gasteiger partial charge is 0.573 e. The molecule has 0 spiro atoms. The van der Waals surface area contributed by atoms with Crippen LogP contribution in [0.3, 0.4) is 0 Å². The minimum atomic E-state index is -4.80. The number of alkyl halides is 3. The van der Waals surface area contributed by atoms with E-state index >= 15 is 0 Å². The van der Waals surface area contributed by atoms with Crippen molar-refractivity contribution in [1.29, 1.82) is 5.26 Å². The number of rotatable bonds is 5. The van der Waals surface area contributed by atoms with Crippen molar-refractivity contribution in [2.75, 3.05) is 18.0 Å². The number of hydrogen-bond acceptors (Lipinski definition) is 6. The fraction of sp³-hybridized carbons (Fsp3) is 0.389. The first-order valence-corrected chi connectivity index (χ1v) is 8.99. The number of nitrogens with one attached hydrogen (secondary N) is 1. The Bertz CT molecular complexity index is 848. The monoisotopic (exact) mass is 411 g/mol. The minimum absolute atomic E-state index is 0.119. The second kappa shape index (κ2) is 8.63. The van der Waals surface area contributed by atoms with Crippen LogP contribution in [0.4, 0.5) is 19.0 Å². The van der Waals surface area contributed by atoms with Gasteiger partial charge in [0.2, 0.25) is 0 Å². The maximum absolute atomic E-state index is 12.4. The number of ether oxygens (including phenoxy) is 1. The molecule has 1 N–H and O–H groups in total. The Morgan fingerprint density at radius 3 is 2.54 bits per heavy atom. The molecule has 1 aliphatic rings. The van der Waals surface area contributed by atoms with E-state index in [1.165, 1.54) is 18.2 Å². The first-order valence-electron chi connectivity index (χ1n) is 8.61. The van der Waals surface area contributed by atoms with Gasteiger partial charge in [0.15, 0.2) is 11.5 Å². The van der Waals surface area contributed by atoms with Crippen LogP contribution in [0.15, 0.2) is 30.3 Å². The fourth-order valence-corrected chi connectivity index (χ4v) is 3.34. The Balaban J connectivity index is 1.84. The van der Waals surface area contributed by atoms with Crippen LogP contribution < -0.4 is 15.0 Å². The van der Waals surface area contributed by atoms with Crippen LogP contribution in [0, 0.1) is 11.3 Å². The molecule has 1 fully saturated rings. The summed E-state index contributed by atoms with van der Waals surface area (Å²) in [6, 6.07) is 9.61. The molecular weight excluding hydrogens is 395 g/mol.